The van der Waals surface area contributed by atoms with Crippen molar-refractivity contribution in [3.8, 4) is 5.75 Å². The fourth-order valence-corrected chi connectivity index (χ4v) is 1.88. The van der Waals surface area contributed by atoms with E-state index in [2.05, 4.69) is 5.32 Å². The number of rotatable bonds is 5. The molecule has 0 bridgehead atoms. The molecule has 5 nitrogen and oxygen atoms in total. The first-order valence-corrected chi connectivity index (χ1v) is 6.61. The molecule has 0 heterocycles. The van der Waals surface area contributed by atoms with Gasteiger partial charge in [-0.05, 0) is 30.3 Å². The number of benzene rings is 2. The van der Waals surface area contributed by atoms with Gasteiger partial charge in [0, 0.05) is 5.69 Å². The first kappa shape index (κ1) is 15.8. The number of halogens is 2. The zero-order valence-corrected chi connectivity index (χ0v) is 12.1. The molecule has 0 atom stereocenters. The van der Waals surface area contributed by atoms with Crippen molar-refractivity contribution >= 4 is 29.1 Å². The minimum Gasteiger partial charge on any atom is -0.483 e. The molecular weight excluding hydrogens is 311 g/mol. The van der Waals surface area contributed by atoms with Crippen LogP contribution in [-0.2, 0) is 4.79 Å². The summed E-state index contributed by atoms with van der Waals surface area (Å²) >= 11 is 5.66. The molecule has 0 fully saturated rings. The molecule has 0 aliphatic rings. The number of hydrogen-bond acceptors (Lipinski definition) is 3. The summed E-state index contributed by atoms with van der Waals surface area (Å²) in [6, 6.07) is 10.2. The molecule has 0 saturated carbocycles. The zero-order valence-electron chi connectivity index (χ0n) is 11.3. The van der Waals surface area contributed by atoms with E-state index < -0.39 is 17.6 Å². The Kier molecular flexibility index (Phi) is 4.95. The number of nitrogens with two attached hydrogens (primary N) is 1. The van der Waals surface area contributed by atoms with Crippen molar-refractivity contribution < 1.29 is 18.7 Å². The Balaban J connectivity index is 2.18. The first-order valence-electron chi connectivity index (χ1n) is 6.24. The number of para-hydroxylation sites is 1. The minimum atomic E-state index is -0.652. The van der Waals surface area contributed by atoms with Gasteiger partial charge in [0.05, 0.1) is 10.6 Å². The Morgan fingerprint density at radius 2 is 1.95 bits per heavy atom. The minimum absolute atomic E-state index is 0.101. The Bertz CT molecular complexity index is 722. The average Bonchev–Trinajstić information content (AvgIpc) is 2.49. The fourth-order valence-electron chi connectivity index (χ4n) is 1.70. The van der Waals surface area contributed by atoms with Crippen LogP contribution in [0, 0.1) is 5.82 Å². The van der Waals surface area contributed by atoms with E-state index in [1.54, 1.807) is 12.1 Å². The molecule has 0 unspecified atom stereocenters. The van der Waals surface area contributed by atoms with Crippen LogP contribution >= 0.6 is 11.6 Å². The molecule has 7 heteroatoms. The van der Waals surface area contributed by atoms with Crippen LogP contribution in [0.4, 0.5) is 10.1 Å². The predicted octanol–water partition coefficient (Wildman–Crippen LogP) is 2.60. The van der Waals surface area contributed by atoms with E-state index in [0.717, 1.165) is 6.07 Å². The Hall–Kier alpha value is -2.60. The number of ether oxygens (including phenoxy) is 1. The van der Waals surface area contributed by atoms with Crippen molar-refractivity contribution in [1.29, 1.82) is 0 Å². The van der Waals surface area contributed by atoms with E-state index in [1.165, 1.54) is 24.3 Å². The normalized spacial score (nSPS) is 10.1. The van der Waals surface area contributed by atoms with Crippen molar-refractivity contribution in [2.75, 3.05) is 11.9 Å². The first-order chi connectivity index (χ1) is 10.5. The van der Waals surface area contributed by atoms with Gasteiger partial charge in [-0.2, -0.15) is 0 Å². The number of amides is 2. The van der Waals surface area contributed by atoms with E-state index >= 15 is 0 Å². The molecule has 2 rings (SSSR count). The highest BCUT2D eigenvalue weighted by Crippen LogP contribution is 2.22. The molecule has 2 aromatic rings. The highest BCUT2D eigenvalue weighted by atomic mass is 35.5. The fraction of sp³-hybridized carbons (Fsp3) is 0.0667. The monoisotopic (exact) mass is 322 g/mol. The second-order valence-electron chi connectivity index (χ2n) is 4.33. The van der Waals surface area contributed by atoms with Gasteiger partial charge in [-0.1, -0.05) is 23.7 Å². The van der Waals surface area contributed by atoms with Crippen LogP contribution in [-0.4, -0.2) is 18.4 Å². The Labute approximate surface area is 130 Å². The van der Waals surface area contributed by atoms with E-state index in [-0.39, 0.29) is 22.9 Å². The van der Waals surface area contributed by atoms with Gasteiger partial charge in [-0.25, -0.2) is 4.39 Å². The third-order valence-corrected chi connectivity index (χ3v) is 2.97. The van der Waals surface area contributed by atoms with Crippen molar-refractivity contribution in [2.24, 2.45) is 5.73 Å². The maximum Gasteiger partial charge on any atom is 0.259 e. The standard InChI is InChI=1S/C15H12ClFN2O3/c16-11-7-9(5-6-12(11)17)19-15(21)10-3-1-2-4-13(10)22-8-14(18)20/h1-7H,8H2,(H2,18,20)(H,19,21). The molecule has 2 aromatic carbocycles. The smallest absolute Gasteiger partial charge is 0.259 e. The highest BCUT2D eigenvalue weighted by molar-refractivity contribution is 6.31. The third kappa shape index (κ3) is 3.95. The second kappa shape index (κ2) is 6.91. The molecule has 0 saturated heterocycles. The lowest BCUT2D eigenvalue weighted by Gasteiger charge is -2.11. The van der Waals surface area contributed by atoms with Crippen LogP contribution in [0.3, 0.4) is 0 Å². The molecule has 0 aliphatic carbocycles. The average molecular weight is 323 g/mol. The van der Waals surface area contributed by atoms with Crippen molar-refractivity contribution in [1.82, 2.24) is 0 Å². The zero-order chi connectivity index (χ0) is 16.1. The van der Waals surface area contributed by atoms with Crippen LogP contribution < -0.4 is 15.8 Å². The topological polar surface area (TPSA) is 81.4 Å². The quantitative estimate of drug-likeness (QED) is 0.887. The van der Waals surface area contributed by atoms with Gasteiger partial charge in [0.1, 0.15) is 11.6 Å². The van der Waals surface area contributed by atoms with Gasteiger partial charge in [0.2, 0.25) is 0 Å². The van der Waals surface area contributed by atoms with Gasteiger partial charge in [0.15, 0.2) is 6.61 Å². The number of nitrogens with one attached hydrogen (secondary N) is 1. The second-order valence-corrected chi connectivity index (χ2v) is 4.74. The SMILES string of the molecule is NC(=O)COc1ccccc1C(=O)Nc1ccc(F)c(Cl)c1. The molecule has 22 heavy (non-hydrogen) atoms. The van der Waals surface area contributed by atoms with Crippen molar-refractivity contribution in [3.63, 3.8) is 0 Å². The van der Waals surface area contributed by atoms with Gasteiger partial charge >= 0.3 is 0 Å². The number of anilines is 1. The largest absolute Gasteiger partial charge is 0.483 e. The lowest BCUT2D eigenvalue weighted by molar-refractivity contribution is -0.119. The molecule has 0 spiro atoms. The molecular formula is C15H12ClFN2O3. The summed E-state index contributed by atoms with van der Waals surface area (Å²) in [6.45, 7) is -0.341. The van der Waals surface area contributed by atoms with Gasteiger partial charge < -0.3 is 15.8 Å². The lowest BCUT2D eigenvalue weighted by atomic mass is 10.2. The van der Waals surface area contributed by atoms with Crippen molar-refractivity contribution in [3.05, 3.63) is 58.9 Å². The number of primary amides is 1. The number of carbonyl (C=O) groups is 2. The Morgan fingerprint density at radius 3 is 2.64 bits per heavy atom. The van der Waals surface area contributed by atoms with Crippen LogP contribution in [0.15, 0.2) is 42.5 Å². The number of carbonyl (C=O) groups excluding carboxylic acids is 2. The van der Waals surface area contributed by atoms with E-state index in [1.807, 2.05) is 0 Å². The maximum absolute atomic E-state index is 13.1. The summed E-state index contributed by atoms with van der Waals surface area (Å²) in [5.41, 5.74) is 5.55. The molecule has 3 N–H and O–H groups in total. The van der Waals surface area contributed by atoms with Crippen molar-refractivity contribution in [2.45, 2.75) is 0 Å². The van der Waals surface area contributed by atoms with Gasteiger partial charge in [-0.15, -0.1) is 0 Å². The van der Waals surface area contributed by atoms with Gasteiger partial charge in [-0.3, -0.25) is 9.59 Å². The summed E-state index contributed by atoms with van der Waals surface area (Å²) in [5.74, 6) is -1.50. The van der Waals surface area contributed by atoms with Crippen LogP contribution in [0.1, 0.15) is 10.4 Å². The molecule has 0 aromatic heterocycles. The predicted molar refractivity (Wildman–Crippen MR) is 80.5 cm³/mol. The van der Waals surface area contributed by atoms with Crippen LogP contribution in [0.5, 0.6) is 5.75 Å². The summed E-state index contributed by atoms with van der Waals surface area (Å²) in [5, 5.41) is 2.47. The summed E-state index contributed by atoms with van der Waals surface area (Å²) < 4.78 is 18.3. The highest BCUT2D eigenvalue weighted by Gasteiger charge is 2.13. The maximum atomic E-state index is 13.1. The van der Waals surface area contributed by atoms with Crippen LogP contribution in [0.2, 0.25) is 5.02 Å². The van der Waals surface area contributed by atoms with Crippen LogP contribution in [0.25, 0.3) is 0 Å². The summed E-state index contributed by atoms with van der Waals surface area (Å²) in [4.78, 5) is 23.0. The lowest BCUT2D eigenvalue weighted by Crippen LogP contribution is -2.21. The van der Waals surface area contributed by atoms with Gasteiger partial charge in [0.25, 0.3) is 11.8 Å². The molecule has 0 radical (unpaired) electrons. The van der Waals surface area contributed by atoms with E-state index in [0.29, 0.717) is 5.69 Å². The van der Waals surface area contributed by atoms with E-state index in [4.69, 9.17) is 22.1 Å². The Morgan fingerprint density at radius 1 is 1.23 bits per heavy atom. The third-order valence-electron chi connectivity index (χ3n) is 2.68. The summed E-state index contributed by atoms with van der Waals surface area (Å²) in [6.07, 6.45) is 0. The molecule has 114 valence electrons. The molecule has 0 aliphatic heterocycles. The summed E-state index contributed by atoms with van der Waals surface area (Å²) in [7, 11) is 0. The molecule has 2 amide bonds. The van der Waals surface area contributed by atoms with E-state index in [9.17, 15) is 14.0 Å². The number of hydrogen-bond donors (Lipinski definition) is 2.